The summed E-state index contributed by atoms with van der Waals surface area (Å²) in [5.41, 5.74) is 8.40. The van der Waals surface area contributed by atoms with Crippen LogP contribution in [0.3, 0.4) is 0 Å². The number of carbonyl (C=O) groups excluding carboxylic acids is 1. The summed E-state index contributed by atoms with van der Waals surface area (Å²) in [5.74, 6) is 0.573. The zero-order valence-corrected chi connectivity index (χ0v) is 36.1. The van der Waals surface area contributed by atoms with Crippen LogP contribution in [0.4, 0.5) is 0 Å². The number of carboxylic acid groups (broad SMARTS) is 1. The largest absolute Gasteiger partial charge is 0.489 e. The molecule has 0 aliphatic rings. The first-order valence-corrected chi connectivity index (χ1v) is 20.3. The summed E-state index contributed by atoms with van der Waals surface area (Å²) in [6, 6.07) is 46.4. The number of hydrogen-bond donors (Lipinski definition) is 3. The molecule has 6 aromatic rings. The second kappa shape index (κ2) is 27.4. The number of hydrogen-bond acceptors (Lipinski definition) is 9. The van der Waals surface area contributed by atoms with Crippen LogP contribution < -0.4 is 14.9 Å². The highest BCUT2D eigenvalue weighted by Gasteiger charge is 2.14. The molecule has 320 valence electrons. The molecule has 0 heterocycles. The van der Waals surface area contributed by atoms with Gasteiger partial charge in [-0.05, 0) is 116 Å². The molecule has 0 spiro atoms. The summed E-state index contributed by atoms with van der Waals surface area (Å²) >= 11 is 2.26. The lowest BCUT2D eigenvalue weighted by molar-refractivity contribution is -0.142. The molecule has 0 aromatic heterocycles. The summed E-state index contributed by atoms with van der Waals surface area (Å²) in [6.07, 6.45) is 0.314. The summed E-state index contributed by atoms with van der Waals surface area (Å²) in [5, 5.41) is 26.8. The molecule has 0 amide bonds. The molecule has 0 saturated carbocycles. The van der Waals surface area contributed by atoms with Crippen LogP contribution in [0.5, 0.6) is 11.5 Å². The van der Waals surface area contributed by atoms with E-state index in [1.807, 2.05) is 122 Å². The fraction of sp³-hybridized carbons (Fsp3) is 0.224. The molecule has 0 unspecified atom stereocenters. The first-order chi connectivity index (χ1) is 29.1. The van der Waals surface area contributed by atoms with Gasteiger partial charge in [-0.25, -0.2) is 0 Å². The van der Waals surface area contributed by atoms with E-state index in [0.717, 1.165) is 56.0 Å². The molecule has 6 aromatic carbocycles. The van der Waals surface area contributed by atoms with Crippen LogP contribution in [0.1, 0.15) is 47.7 Å². The Morgan fingerprint density at radius 1 is 0.590 bits per heavy atom. The standard InChI is InChI=1S/C23H22O4.C17H17IO3.C8H11BO3.CH4/c1-26-16-20-7-2-3-8-22(20)19-9-11-21(12-10-19)27-15-18-6-4-5-17(13-18)14-23(24)25;1-2-20-17(19)11-13-4-3-5-14(10-13)12-21-16-8-6-15(18)7-9-16;1-12-6-7-4-2-3-5-8(7)9(10)11;/h2-13H,14-16H2,1H3,(H,24,25);3-10H,2,11-12H2,1H3;2-5,10-11H,6H2,1H3;1H4. The minimum absolute atomic E-state index is 0. The molecule has 0 bridgehead atoms. The van der Waals surface area contributed by atoms with Crippen LogP contribution in [0.2, 0.25) is 0 Å². The highest BCUT2D eigenvalue weighted by atomic mass is 127. The van der Waals surface area contributed by atoms with Gasteiger partial charge in [-0.1, -0.05) is 117 Å². The number of methoxy groups -OCH3 is 2. The van der Waals surface area contributed by atoms with Gasteiger partial charge in [0.2, 0.25) is 0 Å². The predicted octanol–water partition coefficient (Wildman–Crippen LogP) is 8.83. The van der Waals surface area contributed by atoms with Crippen molar-refractivity contribution < 1.29 is 48.4 Å². The fourth-order valence-corrected chi connectivity index (χ4v) is 6.32. The van der Waals surface area contributed by atoms with E-state index in [1.54, 1.807) is 32.4 Å². The van der Waals surface area contributed by atoms with E-state index in [1.165, 1.54) is 3.57 Å². The average molecular weight is 941 g/mol. The number of benzene rings is 6. The predicted molar refractivity (Wildman–Crippen MR) is 249 cm³/mol. The van der Waals surface area contributed by atoms with Gasteiger partial charge in [-0.3, -0.25) is 9.59 Å². The molecule has 0 fully saturated rings. The van der Waals surface area contributed by atoms with Crippen molar-refractivity contribution in [1.29, 1.82) is 0 Å². The van der Waals surface area contributed by atoms with Crippen molar-refractivity contribution in [2.75, 3.05) is 20.8 Å². The van der Waals surface area contributed by atoms with Crippen molar-refractivity contribution in [3.05, 3.63) is 183 Å². The molecule has 0 saturated heterocycles. The highest BCUT2D eigenvalue weighted by molar-refractivity contribution is 14.1. The first-order valence-electron chi connectivity index (χ1n) is 19.2. The van der Waals surface area contributed by atoms with E-state index in [0.29, 0.717) is 44.9 Å². The highest BCUT2D eigenvalue weighted by Crippen LogP contribution is 2.27. The molecular formula is C49H54BIO10. The Morgan fingerprint density at radius 2 is 1.08 bits per heavy atom. The number of rotatable bonds is 17. The Morgan fingerprint density at radius 3 is 1.62 bits per heavy atom. The van der Waals surface area contributed by atoms with Crippen molar-refractivity contribution in [2.24, 2.45) is 0 Å². The van der Waals surface area contributed by atoms with Crippen LogP contribution in [0, 0.1) is 3.57 Å². The Bertz CT molecular complexity index is 2210. The van der Waals surface area contributed by atoms with Crippen LogP contribution in [0.25, 0.3) is 11.1 Å². The van der Waals surface area contributed by atoms with Gasteiger partial charge < -0.3 is 38.8 Å². The molecule has 61 heavy (non-hydrogen) atoms. The topological polar surface area (TPSA) is 141 Å². The van der Waals surface area contributed by atoms with Gasteiger partial charge in [-0.15, -0.1) is 0 Å². The molecular weight excluding hydrogens is 886 g/mol. The molecule has 6 rings (SSSR count). The Labute approximate surface area is 373 Å². The van der Waals surface area contributed by atoms with Crippen LogP contribution in [-0.2, 0) is 63.1 Å². The van der Waals surface area contributed by atoms with Gasteiger partial charge in [0.25, 0.3) is 0 Å². The Balaban J connectivity index is 0.000000260. The van der Waals surface area contributed by atoms with Crippen molar-refractivity contribution >= 4 is 47.1 Å². The first kappa shape index (κ1) is 49.9. The molecule has 12 heteroatoms. The lowest BCUT2D eigenvalue weighted by Gasteiger charge is -2.11. The summed E-state index contributed by atoms with van der Waals surface area (Å²) < 4.78 is 27.9. The van der Waals surface area contributed by atoms with Crippen molar-refractivity contribution in [1.82, 2.24) is 0 Å². The summed E-state index contributed by atoms with van der Waals surface area (Å²) in [7, 11) is 1.84. The summed E-state index contributed by atoms with van der Waals surface area (Å²) in [4.78, 5) is 22.3. The normalized spacial score (nSPS) is 10.1. The van der Waals surface area contributed by atoms with Crippen LogP contribution in [-0.4, -0.2) is 55.0 Å². The average Bonchev–Trinajstić information content (AvgIpc) is 3.24. The number of halogens is 1. The SMILES string of the molecule is C.CCOC(=O)Cc1cccc(COc2ccc(I)cc2)c1.COCc1ccccc1-c1ccc(OCc2cccc(CC(=O)O)c2)cc1.COCc1ccccc1B(O)O. The smallest absolute Gasteiger partial charge is 0.488 e. The van der Waals surface area contributed by atoms with Crippen LogP contribution in [0.15, 0.2) is 146 Å². The van der Waals surface area contributed by atoms with Crippen molar-refractivity contribution in [3.8, 4) is 22.6 Å². The van der Waals surface area contributed by atoms with Crippen LogP contribution >= 0.6 is 22.6 Å². The molecule has 0 aliphatic heterocycles. The number of ether oxygens (including phenoxy) is 5. The third-order valence-electron chi connectivity index (χ3n) is 8.73. The van der Waals surface area contributed by atoms with E-state index >= 15 is 0 Å². The maximum absolute atomic E-state index is 11.5. The number of carboxylic acids is 1. The lowest BCUT2D eigenvalue weighted by Crippen LogP contribution is -2.33. The van der Waals surface area contributed by atoms with Gasteiger partial charge in [0.05, 0.1) is 32.7 Å². The minimum Gasteiger partial charge on any atom is -0.489 e. The maximum atomic E-state index is 11.5. The van der Waals surface area contributed by atoms with Crippen molar-refractivity contribution in [3.63, 3.8) is 0 Å². The third-order valence-corrected chi connectivity index (χ3v) is 9.45. The fourth-order valence-electron chi connectivity index (χ4n) is 5.96. The lowest BCUT2D eigenvalue weighted by atomic mass is 9.77. The molecule has 3 N–H and O–H groups in total. The monoisotopic (exact) mass is 940 g/mol. The quantitative estimate of drug-likeness (QED) is 0.0462. The van der Waals surface area contributed by atoms with Gasteiger partial charge in [0, 0.05) is 17.8 Å². The van der Waals surface area contributed by atoms with Gasteiger partial charge in [0.15, 0.2) is 0 Å². The Kier molecular flexibility index (Phi) is 22.4. The zero-order valence-electron chi connectivity index (χ0n) is 34.0. The summed E-state index contributed by atoms with van der Waals surface area (Å²) in [6.45, 7) is 4.07. The molecule has 0 aliphatic carbocycles. The van der Waals surface area contributed by atoms with E-state index in [2.05, 4.69) is 34.7 Å². The number of esters is 1. The number of aliphatic carboxylic acids is 1. The van der Waals surface area contributed by atoms with E-state index in [4.69, 9.17) is 38.8 Å². The van der Waals surface area contributed by atoms with E-state index < -0.39 is 13.1 Å². The van der Waals surface area contributed by atoms with Gasteiger partial charge in [0.1, 0.15) is 24.7 Å². The van der Waals surface area contributed by atoms with E-state index in [-0.39, 0.29) is 19.8 Å². The second-order valence-electron chi connectivity index (χ2n) is 13.3. The third kappa shape index (κ3) is 17.9. The Hall–Kier alpha value is -5.51. The van der Waals surface area contributed by atoms with Gasteiger partial charge >= 0.3 is 19.1 Å². The van der Waals surface area contributed by atoms with Gasteiger partial charge in [-0.2, -0.15) is 0 Å². The molecule has 0 atom stereocenters. The molecule has 0 radical (unpaired) electrons. The maximum Gasteiger partial charge on any atom is 0.488 e. The number of carbonyl (C=O) groups is 2. The minimum atomic E-state index is -1.42. The zero-order chi connectivity index (χ0) is 43.1. The molecule has 10 nitrogen and oxygen atoms in total. The van der Waals surface area contributed by atoms with E-state index in [9.17, 15) is 9.59 Å². The second-order valence-corrected chi connectivity index (χ2v) is 14.6. The van der Waals surface area contributed by atoms with Crippen molar-refractivity contribution in [2.45, 2.75) is 53.6 Å².